The van der Waals surface area contributed by atoms with Gasteiger partial charge in [-0.1, -0.05) is 26.0 Å². The monoisotopic (exact) mass is 325 g/mol. The van der Waals surface area contributed by atoms with Crippen LogP contribution in [-0.2, 0) is 21.5 Å². The number of carbonyl (C=O) groups is 1. The molecule has 122 valence electrons. The Balaban J connectivity index is 2.05. The number of hydrogen-bond acceptors (Lipinski definition) is 4. The van der Waals surface area contributed by atoms with Gasteiger partial charge >= 0.3 is 10.1 Å². The largest absolute Gasteiger partial charge is 0.382 e. The van der Waals surface area contributed by atoms with Crippen molar-refractivity contribution in [3.63, 3.8) is 0 Å². The van der Waals surface area contributed by atoms with Gasteiger partial charge in [0.2, 0.25) is 5.91 Å². The van der Waals surface area contributed by atoms with E-state index in [2.05, 4.69) is 0 Å². The molecule has 1 aliphatic rings. The molecule has 1 saturated carbocycles. The molecule has 0 unspecified atom stereocenters. The fraction of sp³-hybridized carbons (Fsp3) is 0.562. The van der Waals surface area contributed by atoms with Crippen LogP contribution in [0.15, 0.2) is 24.3 Å². The summed E-state index contributed by atoms with van der Waals surface area (Å²) in [4.78, 5) is 14.2. The molecule has 1 aliphatic carbocycles. The minimum atomic E-state index is -3.50. The quantitative estimate of drug-likeness (QED) is 0.723. The van der Waals surface area contributed by atoms with Crippen LogP contribution in [0.4, 0.5) is 0 Å². The second kappa shape index (κ2) is 6.69. The van der Waals surface area contributed by atoms with Gasteiger partial charge in [0.05, 0.1) is 5.75 Å². The van der Waals surface area contributed by atoms with Crippen molar-refractivity contribution >= 4 is 16.0 Å². The summed E-state index contributed by atoms with van der Waals surface area (Å²) in [6.45, 7) is 5.91. The lowest BCUT2D eigenvalue weighted by Crippen LogP contribution is -2.35. The maximum Gasteiger partial charge on any atom is 0.308 e. The zero-order valence-corrected chi connectivity index (χ0v) is 14.1. The maximum atomic E-state index is 12.2. The summed E-state index contributed by atoms with van der Waals surface area (Å²) in [6.07, 6.45) is 2.13. The van der Waals surface area contributed by atoms with E-state index in [4.69, 9.17) is 4.18 Å². The Morgan fingerprint density at radius 3 is 2.32 bits per heavy atom. The van der Waals surface area contributed by atoms with E-state index in [9.17, 15) is 13.2 Å². The van der Waals surface area contributed by atoms with E-state index in [1.165, 1.54) is 6.92 Å². The van der Waals surface area contributed by atoms with E-state index < -0.39 is 10.1 Å². The normalized spacial score (nSPS) is 14.9. The molecule has 0 atom stereocenters. The molecule has 0 spiro atoms. The molecule has 6 heteroatoms. The molecular formula is C16H23NO4S. The maximum absolute atomic E-state index is 12.2. The highest BCUT2D eigenvalue weighted by atomic mass is 32.2. The standard InChI is InChI=1S/C16H23NO4S/c1-4-22(19,20)21-15-9-5-13(6-10-15)11-17(14-7-8-14)16(18)12(2)3/h5-6,9-10,12,14H,4,7-8,11H2,1-3H3. The second-order valence-electron chi connectivity index (χ2n) is 5.93. The predicted molar refractivity (Wildman–Crippen MR) is 84.9 cm³/mol. The molecule has 0 aliphatic heterocycles. The third-order valence-electron chi connectivity index (χ3n) is 3.62. The molecule has 0 saturated heterocycles. The van der Waals surface area contributed by atoms with Gasteiger partial charge in [-0.15, -0.1) is 0 Å². The fourth-order valence-electron chi connectivity index (χ4n) is 2.16. The highest BCUT2D eigenvalue weighted by molar-refractivity contribution is 7.87. The highest BCUT2D eigenvalue weighted by Gasteiger charge is 2.33. The Hall–Kier alpha value is -1.56. The third kappa shape index (κ3) is 4.47. The average Bonchev–Trinajstić information content (AvgIpc) is 3.30. The summed E-state index contributed by atoms with van der Waals surface area (Å²) in [5, 5.41) is 0. The molecule has 1 fully saturated rings. The first-order chi connectivity index (χ1) is 10.3. The van der Waals surface area contributed by atoms with Crippen LogP contribution in [0, 0.1) is 5.92 Å². The minimum Gasteiger partial charge on any atom is -0.382 e. The summed E-state index contributed by atoms with van der Waals surface area (Å²) in [5.74, 6) is 0.389. The minimum absolute atomic E-state index is 0.0158. The molecule has 5 nitrogen and oxygen atoms in total. The Labute approximate surface area is 132 Å². The van der Waals surface area contributed by atoms with Crippen LogP contribution in [0.25, 0.3) is 0 Å². The Morgan fingerprint density at radius 1 is 1.27 bits per heavy atom. The van der Waals surface area contributed by atoms with E-state index >= 15 is 0 Å². The van der Waals surface area contributed by atoms with Crippen molar-refractivity contribution in [2.75, 3.05) is 5.75 Å². The van der Waals surface area contributed by atoms with Crippen molar-refractivity contribution in [2.24, 2.45) is 5.92 Å². The molecule has 0 aromatic heterocycles. The molecule has 0 heterocycles. The van der Waals surface area contributed by atoms with Crippen LogP contribution in [-0.4, -0.2) is 31.0 Å². The summed E-state index contributed by atoms with van der Waals surface area (Å²) in [6, 6.07) is 7.24. The van der Waals surface area contributed by atoms with Crippen LogP contribution < -0.4 is 4.18 Å². The predicted octanol–water partition coefficient (Wildman–Crippen LogP) is 2.56. The van der Waals surface area contributed by atoms with Crippen LogP contribution in [0.1, 0.15) is 39.2 Å². The molecule has 22 heavy (non-hydrogen) atoms. The van der Waals surface area contributed by atoms with E-state index in [1.807, 2.05) is 30.9 Å². The molecule has 1 amide bonds. The van der Waals surface area contributed by atoms with Gasteiger partial charge in [-0.25, -0.2) is 0 Å². The van der Waals surface area contributed by atoms with E-state index in [1.54, 1.807) is 12.1 Å². The second-order valence-corrected chi connectivity index (χ2v) is 7.79. The van der Waals surface area contributed by atoms with Gasteiger partial charge < -0.3 is 9.08 Å². The molecule has 1 aromatic rings. The van der Waals surface area contributed by atoms with Crippen LogP contribution in [0.3, 0.4) is 0 Å². The summed E-state index contributed by atoms with van der Waals surface area (Å²) < 4.78 is 27.8. The zero-order valence-electron chi connectivity index (χ0n) is 13.3. The number of benzene rings is 1. The van der Waals surface area contributed by atoms with Crippen LogP contribution in [0.2, 0.25) is 0 Å². The molecule has 1 aromatic carbocycles. The first-order valence-electron chi connectivity index (χ1n) is 7.64. The third-order valence-corrected chi connectivity index (χ3v) is 4.77. The van der Waals surface area contributed by atoms with Crippen molar-refractivity contribution in [3.8, 4) is 5.75 Å². The molecule has 0 bridgehead atoms. The SMILES string of the molecule is CCS(=O)(=O)Oc1ccc(CN(C(=O)C(C)C)C2CC2)cc1. The van der Waals surface area contributed by atoms with Crippen molar-refractivity contribution in [2.45, 2.75) is 46.2 Å². The van der Waals surface area contributed by atoms with Gasteiger partial charge in [0, 0.05) is 18.5 Å². The van der Waals surface area contributed by atoms with Gasteiger partial charge in [-0.2, -0.15) is 8.42 Å². The van der Waals surface area contributed by atoms with Gasteiger partial charge in [0.25, 0.3) is 0 Å². The van der Waals surface area contributed by atoms with Crippen molar-refractivity contribution in [3.05, 3.63) is 29.8 Å². The van der Waals surface area contributed by atoms with Crippen molar-refractivity contribution in [1.82, 2.24) is 4.90 Å². The highest BCUT2D eigenvalue weighted by Crippen LogP contribution is 2.30. The van der Waals surface area contributed by atoms with Gasteiger partial charge in [0.1, 0.15) is 5.75 Å². The molecular weight excluding hydrogens is 302 g/mol. The Kier molecular flexibility index (Phi) is 5.11. The molecule has 0 radical (unpaired) electrons. The van der Waals surface area contributed by atoms with E-state index in [0.717, 1.165) is 18.4 Å². The number of rotatable bonds is 7. The Morgan fingerprint density at radius 2 is 1.86 bits per heavy atom. The van der Waals surface area contributed by atoms with E-state index in [0.29, 0.717) is 18.3 Å². The summed E-state index contributed by atoms with van der Waals surface area (Å²) >= 11 is 0. The van der Waals surface area contributed by atoms with Gasteiger partial charge in [-0.3, -0.25) is 4.79 Å². The number of amides is 1. The smallest absolute Gasteiger partial charge is 0.308 e. The van der Waals surface area contributed by atoms with Crippen LogP contribution in [0.5, 0.6) is 5.75 Å². The van der Waals surface area contributed by atoms with Crippen molar-refractivity contribution < 1.29 is 17.4 Å². The topological polar surface area (TPSA) is 63.7 Å². The van der Waals surface area contributed by atoms with Gasteiger partial charge in [-0.05, 0) is 37.5 Å². The Bertz CT molecular complexity index is 618. The fourth-order valence-corrected chi connectivity index (χ4v) is 2.68. The molecule has 2 rings (SSSR count). The first kappa shape index (κ1) is 16.8. The zero-order chi connectivity index (χ0) is 16.3. The summed E-state index contributed by atoms with van der Waals surface area (Å²) in [5.41, 5.74) is 0.974. The van der Waals surface area contributed by atoms with Crippen LogP contribution >= 0.6 is 0 Å². The number of hydrogen-bond donors (Lipinski definition) is 0. The lowest BCUT2D eigenvalue weighted by molar-refractivity contribution is -0.135. The first-order valence-corrected chi connectivity index (χ1v) is 9.21. The summed E-state index contributed by atoms with van der Waals surface area (Å²) in [7, 11) is -3.50. The lowest BCUT2D eigenvalue weighted by atomic mass is 10.1. The number of nitrogens with zero attached hydrogens (tertiary/aromatic N) is 1. The average molecular weight is 325 g/mol. The van der Waals surface area contributed by atoms with Crippen molar-refractivity contribution in [1.29, 1.82) is 0 Å². The van der Waals surface area contributed by atoms with Gasteiger partial charge in [0.15, 0.2) is 0 Å². The van der Waals surface area contributed by atoms with E-state index in [-0.39, 0.29) is 17.6 Å². The lowest BCUT2D eigenvalue weighted by Gasteiger charge is -2.24. The number of carbonyl (C=O) groups excluding carboxylic acids is 1. The molecule has 0 N–H and O–H groups in total.